The van der Waals surface area contributed by atoms with Crippen LogP contribution in [0.25, 0.3) is 0 Å². The van der Waals surface area contributed by atoms with Crippen molar-refractivity contribution in [3.05, 3.63) is 101 Å². The molecule has 0 aliphatic heterocycles. The molecule has 0 aromatic heterocycles. The standard InChI is InChI=1S/C24H18N2O4/c27-21(12-15-6-2-1-3-7-15)25-14-22(28)26-16-10-11-19-20(13-16)24(30)18-9-5-4-8-17(18)23(19)29/h1-11,13H,12,14H2,(H,25,27)(H,26,28). The molecule has 3 aromatic carbocycles. The van der Waals surface area contributed by atoms with Gasteiger partial charge < -0.3 is 10.6 Å². The smallest absolute Gasteiger partial charge is 0.243 e. The van der Waals surface area contributed by atoms with E-state index in [0.29, 0.717) is 22.4 Å². The topological polar surface area (TPSA) is 92.3 Å². The lowest BCUT2D eigenvalue weighted by molar-refractivity contribution is -0.123. The van der Waals surface area contributed by atoms with Crippen LogP contribution < -0.4 is 10.6 Å². The average molecular weight is 398 g/mol. The minimum Gasteiger partial charge on any atom is -0.347 e. The molecule has 0 bridgehead atoms. The van der Waals surface area contributed by atoms with Gasteiger partial charge in [0.05, 0.1) is 13.0 Å². The summed E-state index contributed by atoms with van der Waals surface area (Å²) in [5.41, 5.74) is 2.54. The summed E-state index contributed by atoms with van der Waals surface area (Å²) in [6.45, 7) is -0.196. The number of carbonyl (C=O) groups is 4. The van der Waals surface area contributed by atoms with Gasteiger partial charge in [-0.15, -0.1) is 0 Å². The molecule has 2 N–H and O–H groups in total. The molecular formula is C24H18N2O4. The molecule has 30 heavy (non-hydrogen) atoms. The Morgan fingerprint density at radius 2 is 1.27 bits per heavy atom. The molecule has 0 saturated heterocycles. The summed E-state index contributed by atoms with van der Waals surface area (Å²) >= 11 is 0. The Morgan fingerprint density at radius 3 is 1.97 bits per heavy atom. The largest absolute Gasteiger partial charge is 0.347 e. The summed E-state index contributed by atoms with van der Waals surface area (Å²) in [7, 11) is 0. The Hall–Kier alpha value is -4.06. The maximum absolute atomic E-state index is 12.8. The molecule has 1 aliphatic carbocycles. The maximum Gasteiger partial charge on any atom is 0.243 e. The monoisotopic (exact) mass is 398 g/mol. The van der Waals surface area contributed by atoms with Crippen LogP contribution in [0.2, 0.25) is 0 Å². The van der Waals surface area contributed by atoms with Crippen molar-refractivity contribution in [2.75, 3.05) is 11.9 Å². The number of amides is 2. The molecule has 6 nitrogen and oxygen atoms in total. The number of hydrogen-bond donors (Lipinski definition) is 2. The number of carbonyl (C=O) groups excluding carboxylic acids is 4. The Labute approximate surface area is 172 Å². The Kier molecular flexibility index (Phi) is 5.22. The van der Waals surface area contributed by atoms with E-state index in [2.05, 4.69) is 10.6 Å². The van der Waals surface area contributed by atoms with E-state index >= 15 is 0 Å². The molecule has 0 fully saturated rings. The molecule has 0 saturated carbocycles. The quantitative estimate of drug-likeness (QED) is 0.541. The van der Waals surface area contributed by atoms with E-state index in [1.54, 1.807) is 30.3 Å². The summed E-state index contributed by atoms with van der Waals surface area (Å²) in [6, 6.07) is 20.5. The van der Waals surface area contributed by atoms with Gasteiger partial charge in [-0.1, -0.05) is 54.6 Å². The molecule has 0 spiro atoms. The van der Waals surface area contributed by atoms with Crippen LogP contribution in [0.1, 0.15) is 37.4 Å². The van der Waals surface area contributed by atoms with Crippen molar-refractivity contribution in [3.8, 4) is 0 Å². The van der Waals surface area contributed by atoms with E-state index in [1.807, 2.05) is 30.3 Å². The van der Waals surface area contributed by atoms with Crippen LogP contribution in [-0.4, -0.2) is 29.9 Å². The number of hydrogen-bond acceptors (Lipinski definition) is 4. The van der Waals surface area contributed by atoms with Gasteiger partial charge in [-0.3, -0.25) is 19.2 Å². The zero-order valence-corrected chi connectivity index (χ0v) is 16.0. The summed E-state index contributed by atoms with van der Waals surface area (Å²) in [4.78, 5) is 49.6. The van der Waals surface area contributed by atoms with Crippen molar-refractivity contribution in [1.29, 1.82) is 0 Å². The predicted molar refractivity (Wildman–Crippen MR) is 112 cm³/mol. The van der Waals surface area contributed by atoms with E-state index in [4.69, 9.17) is 0 Å². The molecule has 6 heteroatoms. The highest BCUT2D eigenvalue weighted by molar-refractivity contribution is 6.28. The molecule has 2 amide bonds. The SMILES string of the molecule is O=C(Cc1ccccc1)NCC(=O)Nc1ccc2c(c1)C(=O)c1ccccc1C2=O. The van der Waals surface area contributed by atoms with Crippen molar-refractivity contribution in [2.24, 2.45) is 0 Å². The fraction of sp³-hybridized carbons (Fsp3) is 0.0833. The normalized spacial score (nSPS) is 12.0. The van der Waals surface area contributed by atoms with Gasteiger partial charge in [0.15, 0.2) is 11.6 Å². The molecule has 4 rings (SSSR count). The summed E-state index contributed by atoms with van der Waals surface area (Å²) in [5, 5.41) is 5.22. The first-order valence-corrected chi connectivity index (χ1v) is 9.46. The second-order valence-electron chi connectivity index (χ2n) is 6.95. The van der Waals surface area contributed by atoms with Crippen molar-refractivity contribution in [1.82, 2.24) is 5.32 Å². The van der Waals surface area contributed by atoms with Gasteiger partial charge >= 0.3 is 0 Å². The second kappa shape index (κ2) is 8.13. The van der Waals surface area contributed by atoms with Crippen LogP contribution in [0, 0.1) is 0 Å². The fourth-order valence-electron chi connectivity index (χ4n) is 3.40. The number of benzene rings is 3. The molecule has 3 aromatic rings. The van der Waals surface area contributed by atoms with Crippen molar-refractivity contribution in [2.45, 2.75) is 6.42 Å². The van der Waals surface area contributed by atoms with Crippen molar-refractivity contribution >= 4 is 29.1 Å². The van der Waals surface area contributed by atoms with Crippen molar-refractivity contribution in [3.63, 3.8) is 0 Å². The zero-order chi connectivity index (χ0) is 21.1. The molecule has 0 heterocycles. The zero-order valence-electron chi connectivity index (χ0n) is 16.0. The first-order chi connectivity index (χ1) is 14.5. The van der Waals surface area contributed by atoms with Crippen LogP contribution >= 0.6 is 0 Å². The first kappa shape index (κ1) is 19.3. The second-order valence-corrected chi connectivity index (χ2v) is 6.95. The van der Waals surface area contributed by atoms with Crippen LogP contribution in [0.5, 0.6) is 0 Å². The third kappa shape index (κ3) is 3.89. The average Bonchev–Trinajstić information content (AvgIpc) is 2.77. The van der Waals surface area contributed by atoms with Gasteiger partial charge in [0.2, 0.25) is 11.8 Å². The van der Waals surface area contributed by atoms with Gasteiger partial charge in [-0.25, -0.2) is 0 Å². The molecule has 0 radical (unpaired) electrons. The highest BCUT2D eigenvalue weighted by Gasteiger charge is 2.29. The molecule has 148 valence electrons. The molecule has 1 aliphatic rings. The minimum atomic E-state index is -0.425. The summed E-state index contributed by atoms with van der Waals surface area (Å²) in [5.74, 6) is -1.16. The lowest BCUT2D eigenvalue weighted by Gasteiger charge is -2.18. The fourth-order valence-corrected chi connectivity index (χ4v) is 3.40. The molecule has 0 unspecified atom stereocenters. The lowest BCUT2D eigenvalue weighted by Crippen LogP contribution is -2.33. The number of fused-ring (bicyclic) bond motifs is 2. The van der Waals surface area contributed by atoms with Gasteiger partial charge in [0, 0.05) is 27.9 Å². The van der Waals surface area contributed by atoms with Crippen LogP contribution in [0.3, 0.4) is 0 Å². The minimum absolute atomic E-state index is 0.184. The predicted octanol–water partition coefficient (Wildman–Crippen LogP) is 2.76. The number of nitrogens with one attached hydrogen (secondary N) is 2. The Balaban J connectivity index is 1.41. The number of rotatable bonds is 5. The van der Waals surface area contributed by atoms with E-state index in [9.17, 15) is 19.2 Å². The molecular weight excluding hydrogens is 380 g/mol. The summed E-state index contributed by atoms with van der Waals surface area (Å²) < 4.78 is 0. The highest BCUT2D eigenvalue weighted by atomic mass is 16.2. The van der Waals surface area contributed by atoms with Crippen LogP contribution in [-0.2, 0) is 16.0 Å². The van der Waals surface area contributed by atoms with E-state index < -0.39 is 5.91 Å². The third-order valence-corrected chi connectivity index (χ3v) is 4.86. The van der Waals surface area contributed by atoms with E-state index in [0.717, 1.165) is 5.56 Å². The molecule has 0 atom stereocenters. The van der Waals surface area contributed by atoms with Crippen LogP contribution in [0.4, 0.5) is 5.69 Å². The maximum atomic E-state index is 12.8. The Bertz CT molecular complexity index is 1170. The first-order valence-electron chi connectivity index (χ1n) is 9.46. The van der Waals surface area contributed by atoms with Gasteiger partial charge in [-0.2, -0.15) is 0 Å². The van der Waals surface area contributed by atoms with Gasteiger partial charge in [0.25, 0.3) is 0 Å². The van der Waals surface area contributed by atoms with Gasteiger partial charge in [0.1, 0.15) is 0 Å². The van der Waals surface area contributed by atoms with E-state index in [-0.39, 0.29) is 36.0 Å². The highest BCUT2D eigenvalue weighted by Crippen LogP contribution is 2.29. The lowest BCUT2D eigenvalue weighted by atomic mass is 9.84. The van der Waals surface area contributed by atoms with Gasteiger partial charge in [-0.05, 0) is 23.8 Å². The number of anilines is 1. The van der Waals surface area contributed by atoms with E-state index in [1.165, 1.54) is 12.1 Å². The van der Waals surface area contributed by atoms with Crippen LogP contribution in [0.15, 0.2) is 72.8 Å². The third-order valence-electron chi connectivity index (χ3n) is 4.86. The Morgan fingerprint density at radius 1 is 0.667 bits per heavy atom. The summed E-state index contributed by atoms with van der Waals surface area (Å²) in [6.07, 6.45) is 0.184. The van der Waals surface area contributed by atoms with Crippen molar-refractivity contribution < 1.29 is 19.2 Å². The number of ketones is 2.